The zero-order valence-electron chi connectivity index (χ0n) is 14.5. The van der Waals surface area contributed by atoms with E-state index in [1.807, 2.05) is 0 Å². The third kappa shape index (κ3) is 3.81. The van der Waals surface area contributed by atoms with Gasteiger partial charge in [0.25, 0.3) is 5.91 Å². The van der Waals surface area contributed by atoms with Gasteiger partial charge in [0.15, 0.2) is 5.69 Å². The maximum Gasteiger partial charge on any atom is 0.340 e. The molecule has 0 spiro atoms. The molecule has 2 heterocycles. The van der Waals surface area contributed by atoms with Crippen LogP contribution in [0.5, 0.6) is 0 Å². The van der Waals surface area contributed by atoms with Gasteiger partial charge >= 0.3 is 5.97 Å². The molecule has 2 aromatic heterocycles. The molecule has 8 nitrogen and oxygen atoms in total. The van der Waals surface area contributed by atoms with Crippen LogP contribution in [0.25, 0.3) is 11.3 Å². The quantitative estimate of drug-likeness (QED) is 0.548. The average Bonchev–Trinajstić information content (AvgIpc) is 2.74. The van der Waals surface area contributed by atoms with Gasteiger partial charge in [0, 0.05) is 5.56 Å². The Bertz CT molecular complexity index is 1080. The molecule has 1 aromatic carbocycles. The van der Waals surface area contributed by atoms with Crippen molar-refractivity contribution in [3.63, 3.8) is 0 Å². The van der Waals surface area contributed by atoms with Crippen molar-refractivity contribution in [3.05, 3.63) is 65.4 Å². The summed E-state index contributed by atoms with van der Waals surface area (Å²) in [5, 5.41) is 17.7. The number of carbonyl (C=O) groups is 2. The van der Waals surface area contributed by atoms with Crippen molar-refractivity contribution in [2.24, 2.45) is 0 Å². The molecule has 28 heavy (non-hydrogen) atoms. The number of carbonyl (C=O) groups excluding carboxylic acids is 2. The van der Waals surface area contributed by atoms with Crippen LogP contribution in [0.15, 0.2) is 42.7 Å². The normalized spacial score (nSPS) is 10.0. The van der Waals surface area contributed by atoms with Crippen molar-refractivity contribution in [1.29, 1.82) is 0 Å². The van der Waals surface area contributed by atoms with E-state index in [0.29, 0.717) is 11.3 Å². The van der Waals surface area contributed by atoms with E-state index in [0.717, 1.165) is 13.2 Å². The van der Waals surface area contributed by atoms with Crippen LogP contribution in [0, 0.1) is 18.2 Å². The lowest BCUT2D eigenvalue weighted by Gasteiger charge is -2.11. The number of nitrogens with zero attached hydrogens (tertiary/aromatic N) is 4. The summed E-state index contributed by atoms with van der Waals surface area (Å²) in [4.78, 5) is 24.4. The van der Waals surface area contributed by atoms with Crippen LogP contribution in [0.2, 0.25) is 0 Å². The fraction of sp³-hybridized carbons (Fsp3) is 0.0526. The van der Waals surface area contributed by atoms with E-state index in [-0.39, 0.29) is 22.5 Å². The van der Waals surface area contributed by atoms with Gasteiger partial charge in [-0.3, -0.25) is 4.79 Å². The summed E-state index contributed by atoms with van der Waals surface area (Å²) in [6, 6.07) is 6.80. The van der Waals surface area contributed by atoms with E-state index in [1.165, 1.54) is 24.5 Å². The molecule has 0 aliphatic heterocycles. The van der Waals surface area contributed by atoms with E-state index in [9.17, 15) is 14.0 Å². The highest BCUT2D eigenvalue weighted by atomic mass is 19.1. The number of hydrogen-bond acceptors (Lipinski definition) is 7. The second-order valence-electron chi connectivity index (χ2n) is 5.40. The molecule has 0 atom stereocenters. The van der Waals surface area contributed by atoms with Gasteiger partial charge < -0.3 is 10.1 Å². The highest BCUT2D eigenvalue weighted by Gasteiger charge is 2.19. The molecule has 138 valence electrons. The van der Waals surface area contributed by atoms with Crippen molar-refractivity contribution in [1.82, 2.24) is 20.4 Å². The number of methoxy groups -OCH3 is 1. The zero-order valence-corrected chi connectivity index (χ0v) is 14.5. The number of hydrogen-bond donors (Lipinski definition) is 1. The van der Waals surface area contributed by atoms with Gasteiger partial charge in [0.1, 0.15) is 5.82 Å². The maximum absolute atomic E-state index is 13.9. The predicted molar refractivity (Wildman–Crippen MR) is 96.7 cm³/mol. The number of nitrogens with one attached hydrogen (secondary N) is 1. The second-order valence-corrected chi connectivity index (χ2v) is 5.40. The molecule has 0 bridgehead atoms. The Balaban J connectivity index is 1.88. The van der Waals surface area contributed by atoms with E-state index in [4.69, 9.17) is 6.42 Å². The number of anilines is 1. The molecule has 1 N–H and O–H groups in total. The number of halogens is 1. The van der Waals surface area contributed by atoms with Crippen molar-refractivity contribution >= 4 is 17.6 Å². The molecular weight excluding hydrogens is 365 g/mol. The van der Waals surface area contributed by atoms with E-state index in [2.05, 4.69) is 36.4 Å². The summed E-state index contributed by atoms with van der Waals surface area (Å²) in [7, 11) is 1.14. The van der Waals surface area contributed by atoms with E-state index >= 15 is 0 Å². The molecule has 0 radical (unpaired) electrons. The van der Waals surface area contributed by atoms with Gasteiger partial charge in [-0.15, -0.1) is 16.6 Å². The van der Waals surface area contributed by atoms with Gasteiger partial charge in [0.2, 0.25) is 0 Å². The first-order chi connectivity index (χ1) is 13.5. The third-order valence-electron chi connectivity index (χ3n) is 3.69. The van der Waals surface area contributed by atoms with Crippen LogP contribution in [0.4, 0.5) is 10.1 Å². The van der Waals surface area contributed by atoms with Crippen molar-refractivity contribution in [2.45, 2.75) is 0 Å². The molecule has 0 unspecified atom stereocenters. The lowest BCUT2D eigenvalue weighted by atomic mass is 10.1. The molecule has 0 saturated carbocycles. The smallest absolute Gasteiger partial charge is 0.340 e. The van der Waals surface area contributed by atoms with E-state index in [1.54, 1.807) is 12.1 Å². The first-order valence-corrected chi connectivity index (χ1v) is 7.84. The number of aromatic nitrogens is 4. The fourth-order valence-corrected chi connectivity index (χ4v) is 2.30. The largest absolute Gasteiger partial charge is 0.465 e. The number of amides is 1. The minimum absolute atomic E-state index is 0.00425. The van der Waals surface area contributed by atoms with Crippen molar-refractivity contribution in [2.75, 3.05) is 12.4 Å². The summed E-state index contributed by atoms with van der Waals surface area (Å²) in [5.74, 6) is -0.130. The highest BCUT2D eigenvalue weighted by Crippen LogP contribution is 2.22. The monoisotopic (exact) mass is 377 g/mol. The number of rotatable bonds is 4. The Morgan fingerprint density at radius 1 is 1.18 bits per heavy atom. The molecule has 1 amide bonds. The minimum atomic E-state index is -0.829. The zero-order chi connectivity index (χ0) is 20.1. The molecule has 9 heteroatoms. The van der Waals surface area contributed by atoms with Crippen molar-refractivity contribution in [3.8, 4) is 23.6 Å². The average molecular weight is 377 g/mol. The molecular formula is C19H12FN5O3. The predicted octanol–water partition coefficient (Wildman–Crippen LogP) is 2.09. The second kappa shape index (κ2) is 8.01. The van der Waals surface area contributed by atoms with Crippen LogP contribution in [-0.2, 0) is 4.74 Å². The number of terminal acetylenes is 1. The summed E-state index contributed by atoms with van der Waals surface area (Å²) < 4.78 is 18.5. The fourth-order valence-electron chi connectivity index (χ4n) is 2.30. The van der Waals surface area contributed by atoms with Gasteiger partial charge in [-0.05, 0) is 30.3 Å². The molecule has 0 aliphatic carbocycles. The van der Waals surface area contributed by atoms with Crippen LogP contribution >= 0.6 is 0 Å². The Morgan fingerprint density at radius 2 is 2.00 bits per heavy atom. The summed E-state index contributed by atoms with van der Waals surface area (Å²) in [5.41, 5.74) is 0.857. The number of ether oxygens (including phenoxy) is 1. The lowest BCUT2D eigenvalue weighted by Crippen LogP contribution is -2.17. The van der Waals surface area contributed by atoms with E-state index < -0.39 is 17.7 Å². The van der Waals surface area contributed by atoms with Crippen LogP contribution < -0.4 is 5.32 Å². The van der Waals surface area contributed by atoms with Gasteiger partial charge in [-0.25, -0.2) is 9.18 Å². The Kier molecular flexibility index (Phi) is 5.32. The summed E-state index contributed by atoms with van der Waals surface area (Å²) in [6.45, 7) is 0. The van der Waals surface area contributed by atoms with Crippen LogP contribution in [0.1, 0.15) is 26.4 Å². The molecule has 0 aliphatic rings. The van der Waals surface area contributed by atoms with Crippen LogP contribution in [-0.4, -0.2) is 39.4 Å². The molecule has 0 saturated heterocycles. The van der Waals surface area contributed by atoms with Gasteiger partial charge in [-0.1, -0.05) is 5.92 Å². The highest BCUT2D eigenvalue weighted by molar-refractivity contribution is 6.07. The Labute approximate surface area is 158 Å². The SMILES string of the molecule is C#Cc1cc(NC(=O)c2ccc(-c3ccnnc3)nn2)c(C(=O)OC)cc1F. The third-order valence-corrected chi connectivity index (χ3v) is 3.69. The summed E-state index contributed by atoms with van der Waals surface area (Å²) >= 11 is 0. The number of benzene rings is 1. The molecule has 3 aromatic rings. The standard InChI is InChI=1S/C19H12FN5O3/c1-3-11-8-17(13(9-14(11)20)19(27)28-2)23-18(26)16-5-4-15(24-25-16)12-6-7-21-22-10-12/h1,4-10H,2H3,(H,23,26). The maximum atomic E-state index is 13.9. The Hall–Kier alpha value is -4.19. The molecule has 3 rings (SSSR count). The number of esters is 1. The van der Waals surface area contributed by atoms with Gasteiger partial charge in [0.05, 0.1) is 42.0 Å². The Morgan fingerprint density at radius 3 is 2.61 bits per heavy atom. The van der Waals surface area contributed by atoms with Crippen molar-refractivity contribution < 1.29 is 18.7 Å². The first kappa shape index (κ1) is 18.6. The molecule has 0 fully saturated rings. The first-order valence-electron chi connectivity index (χ1n) is 7.84. The topological polar surface area (TPSA) is 107 Å². The minimum Gasteiger partial charge on any atom is -0.465 e. The summed E-state index contributed by atoms with van der Waals surface area (Å²) in [6.07, 6.45) is 8.25. The van der Waals surface area contributed by atoms with Crippen LogP contribution in [0.3, 0.4) is 0 Å². The van der Waals surface area contributed by atoms with Gasteiger partial charge in [-0.2, -0.15) is 10.2 Å². The lowest BCUT2D eigenvalue weighted by molar-refractivity contribution is 0.0601.